The molecule has 0 aliphatic carbocycles. The third-order valence-corrected chi connectivity index (χ3v) is 1.79. The smallest absolute Gasteiger partial charge is 0.341 e. The van der Waals surface area contributed by atoms with Crippen molar-refractivity contribution < 1.29 is 23.9 Å². The lowest BCUT2D eigenvalue weighted by Gasteiger charge is -2.06. The number of Topliss-reactive ketones (excluding diaryl/α,β-unsaturated/α-hetero) is 1. The zero-order valence-electron chi connectivity index (χ0n) is 10.2. The first kappa shape index (κ1) is 15.1. The van der Waals surface area contributed by atoms with Crippen molar-refractivity contribution in [2.75, 3.05) is 13.2 Å². The molecule has 0 amide bonds. The summed E-state index contributed by atoms with van der Waals surface area (Å²) in [6.45, 7) is 7.60. The lowest BCUT2D eigenvalue weighted by atomic mass is 10.2. The Hall–Kier alpha value is -1.91. The molecule has 5 heteroatoms. The summed E-state index contributed by atoms with van der Waals surface area (Å²) >= 11 is 0. The second-order valence-electron chi connectivity index (χ2n) is 3.31. The molecule has 0 aromatic heterocycles. The van der Waals surface area contributed by atoms with Crippen LogP contribution in [0.25, 0.3) is 0 Å². The summed E-state index contributed by atoms with van der Waals surface area (Å²) in [5, 5.41) is 0. The average Bonchev–Trinajstić information content (AvgIpc) is 2.24. The van der Waals surface area contributed by atoms with Crippen LogP contribution >= 0.6 is 0 Å². The van der Waals surface area contributed by atoms with Gasteiger partial charge in [0.1, 0.15) is 13.2 Å². The molecule has 0 saturated heterocycles. The molecular formula is C12H16O5. The van der Waals surface area contributed by atoms with E-state index in [-0.39, 0.29) is 30.1 Å². The second-order valence-corrected chi connectivity index (χ2v) is 3.31. The maximum absolute atomic E-state index is 11.3. The molecule has 0 heterocycles. The number of esters is 2. The molecule has 0 aromatic carbocycles. The highest BCUT2D eigenvalue weighted by atomic mass is 16.6. The van der Waals surface area contributed by atoms with Gasteiger partial charge in [0.25, 0.3) is 0 Å². The SMILES string of the molecule is C=C(C)C(=O)OCCOC(=O)C(=CC)C(C)=O. The van der Waals surface area contributed by atoms with E-state index in [9.17, 15) is 14.4 Å². The number of carbonyl (C=O) groups is 3. The maximum Gasteiger partial charge on any atom is 0.341 e. The van der Waals surface area contributed by atoms with Crippen molar-refractivity contribution in [3.8, 4) is 0 Å². The van der Waals surface area contributed by atoms with E-state index in [4.69, 9.17) is 9.47 Å². The number of ketones is 1. The Bertz CT molecular complexity index is 365. The number of rotatable bonds is 6. The largest absolute Gasteiger partial charge is 0.459 e. The fraction of sp³-hybridized carbons (Fsp3) is 0.417. The van der Waals surface area contributed by atoms with Crippen molar-refractivity contribution >= 4 is 17.7 Å². The Morgan fingerprint density at radius 2 is 1.53 bits per heavy atom. The lowest BCUT2D eigenvalue weighted by molar-refractivity contribution is -0.148. The minimum atomic E-state index is -0.716. The van der Waals surface area contributed by atoms with E-state index >= 15 is 0 Å². The molecule has 0 rings (SSSR count). The number of carbonyl (C=O) groups excluding carboxylic acids is 3. The number of hydrogen-bond donors (Lipinski definition) is 0. The summed E-state index contributed by atoms with van der Waals surface area (Å²) in [6, 6.07) is 0. The quantitative estimate of drug-likeness (QED) is 0.229. The number of ether oxygens (including phenoxy) is 2. The van der Waals surface area contributed by atoms with Crippen molar-refractivity contribution in [1.82, 2.24) is 0 Å². The highest BCUT2D eigenvalue weighted by Crippen LogP contribution is 2.00. The fourth-order valence-electron chi connectivity index (χ4n) is 0.935. The van der Waals surface area contributed by atoms with Gasteiger partial charge in [-0.25, -0.2) is 9.59 Å². The first-order chi connectivity index (χ1) is 7.90. The van der Waals surface area contributed by atoms with Crippen molar-refractivity contribution in [1.29, 1.82) is 0 Å². The molecule has 0 spiro atoms. The number of hydrogen-bond acceptors (Lipinski definition) is 5. The molecule has 0 radical (unpaired) electrons. The standard InChI is InChI=1S/C12H16O5/c1-5-10(9(4)13)12(15)17-7-6-16-11(14)8(2)3/h5H,2,6-7H2,1,3-4H3. The van der Waals surface area contributed by atoms with Crippen molar-refractivity contribution in [3.05, 3.63) is 23.8 Å². The lowest BCUT2D eigenvalue weighted by Crippen LogP contribution is -2.18. The van der Waals surface area contributed by atoms with Crippen molar-refractivity contribution in [2.45, 2.75) is 20.8 Å². The van der Waals surface area contributed by atoms with E-state index in [0.29, 0.717) is 0 Å². The topological polar surface area (TPSA) is 69.7 Å². The van der Waals surface area contributed by atoms with E-state index < -0.39 is 11.9 Å². The monoisotopic (exact) mass is 240 g/mol. The van der Waals surface area contributed by atoms with Gasteiger partial charge < -0.3 is 9.47 Å². The number of allylic oxidation sites excluding steroid dienone is 1. The highest BCUT2D eigenvalue weighted by molar-refractivity contribution is 6.16. The molecule has 0 atom stereocenters. The predicted octanol–water partition coefficient (Wildman–Crippen LogP) is 1.18. The molecule has 0 aliphatic rings. The summed E-state index contributed by atoms with van der Waals surface area (Å²) in [5.41, 5.74) is 0.255. The predicted molar refractivity (Wildman–Crippen MR) is 61.2 cm³/mol. The summed E-state index contributed by atoms with van der Waals surface area (Å²) in [7, 11) is 0. The Labute approximate surface area is 100 Å². The normalized spacial score (nSPS) is 10.6. The molecule has 0 N–H and O–H groups in total. The molecule has 0 bridgehead atoms. The summed E-state index contributed by atoms with van der Waals surface area (Å²) in [4.78, 5) is 33.3. The van der Waals surface area contributed by atoms with Crippen LogP contribution in [0.4, 0.5) is 0 Å². The minimum absolute atomic E-state index is 0.0174. The summed E-state index contributed by atoms with van der Waals surface area (Å²) in [5.74, 6) is -1.62. The van der Waals surface area contributed by atoms with Crippen LogP contribution in [0, 0.1) is 0 Å². The maximum atomic E-state index is 11.3. The molecular weight excluding hydrogens is 224 g/mol. The van der Waals surface area contributed by atoms with Gasteiger partial charge in [-0.2, -0.15) is 0 Å². The van der Waals surface area contributed by atoms with Gasteiger partial charge in [-0.15, -0.1) is 0 Å². The Morgan fingerprint density at radius 3 is 1.88 bits per heavy atom. The van der Waals surface area contributed by atoms with Gasteiger partial charge in [0.05, 0.1) is 5.57 Å². The van der Waals surface area contributed by atoms with Gasteiger partial charge in [0.15, 0.2) is 5.78 Å². The van der Waals surface area contributed by atoms with Gasteiger partial charge in [-0.1, -0.05) is 12.7 Å². The van der Waals surface area contributed by atoms with Crippen LogP contribution in [0.1, 0.15) is 20.8 Å². The van der Waals surface area contributed by atoms with Crippen LogP contribution in [-0.4, -0.2) is 30.9 Å². The molecule has 0 unspecified atom stereocenters. The summed E-state index contributed by atoms with van der Waals surface area (Å²) in [6.07, 6.45) is 1.38. The van der Waals surface area contributed by atoms with Crippen LogP contribution in [0.3, 0.4) is 0 Å². The average molecular weight is 240 g/mol. The third-order valence-electron chi connectivity index (χ3n) is 1.79. The van der Waals surface area contributed by atoms with E-state index in [1.165, 1.54) is 19.9 Å². The third kappa shape index (κ3) is 5.65. The zero-order chi connectivity index (χ0) is 13.4. The first-order valence-electron chi connectivity index (χ1n) is 5.07. The molecule has 0 saturated carbocycles. The molecule has 17 heavy (non-hydrogen) atoms. The van der Waals surface area contributed by atoms with Crippen LogP contribution in [0.15, 0.2) is 23.8 Å². The van der Waals surface area contributed by atoms with Gasteiger partial charge in [0.2, 0.25) is 0 Å². The van der Waals surface area contributed by atoms with E-state index in [1.54, 1.807) is 6.92 Å². The van der Waals surface area contributed by atoms with Crippen LogP contribution in [0.5, 0.6) is 0 Å². The Morgan fingerprint density at radius 1 is 1.06 bits per heavy atom. The van der Waals surface area contributed by atoms with Gasteiger partial charge in [0, 0.05) is 5.57 Å². The molecule has 0 aromatic rings. The van der Waals surface area contributed by atoms with Crippen LogP contribution in [0.2, 0.25) is 0 Å². The van der Waals surface area contributed by atoms with Crippen molar-refractivity contribution in [3.63, 3.8) is 0 Å². The Kier molecular flexibility index (Phi) is 6.55. The van der Waals surface area contributed by atoms with Crippen molar-refractivity contribution in [2.24, 2.45) is 0 Å². The molecule has 5 nitrogen and oxygen atoms in total. The van der Waals surface area contributed by atoms with E-state index in [1.807, 2.05) is 0 Å². The first-order valence-corrected chi connectivity index (χ1v) is 5.07. The molecule has 0 fully saturated rings. The van der Waals surface area contributed by atoms with Crippen LogP contribution in [-0.2, 0) is 23.9 Å². The fourth-order valence-corrected chi connectivity index (χ4v) is 0.935. The van der Waals surface area contributed by atoms with E-state index in [0.717, 1.165) is 0 Å². The van der Waals surface area contributed by atoms with E-state index in [2.05, 4.69) is 6.58 Å². The van der Waals surface area contributed by atoms with Gasteiger partial charge in [-0.05, 0) is 20.8 Å². The molecule has 0 aliphatic heterocycles. The highest BCUT2D eigenvalue weighted by Gasteiger charge is 2.14. The molecule has 94 valence electrons. The van der Waals surface area contributed by atoms with Gasteiger partial charge in [-0.3, -0.25) is 4.79 Å². The minimum Gasteiger partial charge on any atom is -0.459 e. The Balaban J connectivity index is 3.99. The van der Waals surface area contributed by atoms with Crippen LogP contribution < -0.4 is 0 Å². The zero-order valence-corrected chi connectivity index (χ0v) is 10.2. The second kappa shape index (κ2) is 7.38. The summed E-state index contributed by atoms with van der Waals surface area (Å²) < 4.78 is 9.46. The van der Waals surface area contributed by atoms with Gasteiger partial charge >= 0.3 is 11.9 Å².